The molecule has 0 radical (unpaired) electrons. The van der Waals surface area contributed by atoms with Crippen LogP contribution in [0.4, 0.5) is 5.69 Å². The van der Waals surface area contributed by atoms with Gasteiger partial charge >= 0.3 is 0 Å². The van der Waals surface area contributed by atoms with Crippen molar-refractivity contribution in [2.75, 3.05) is 31.1 Å². The van der Waals surface area contributed by atoms with Crippen LogP contribution in [0.2, 0.25) is 0 Å². The number of para-hydroxylation sites is 1. The number of nitrogens with one attached hydrogen (secondary N) is 1. The van der Waals surface area contributed by atoms with Crippen LogP contribution in [-0.2, 0) is 7.05 Å². The Balaban J connectivity index is 2.22. The van der Waals surface area contributed by atoms with Crippen molar-refractivity contribution >= 4 is 16.6 Å². The van der Waals surface area contributed by atoms with Crippen LogP contribution in [0, 0.1) is 13.8 Å². The van der Waals surface area contributed by atoms with Crippen LogP contribution in [0.25, 0.3) is 10.9 Å². The number of nitrogens with zero attached hydrogens (tertiary/aromatic N) is 2. The lowest BCUT2D eigenvalue weighted by molar-refractivity contribution is 0.589. The maximum absolute atomic E-state index is 3.42. The van der Waals surface area contributed by atoms with Gasteiger partial charge in [-0.3, -0.25) is 0 Å². The summed E-state index contributed by atoms with van der Waals surface area (Å²) in [6.07, 6.45) is 0. The number of hydrogen-bond acceptors (Lipinski definition) is 2. The van der Waals surface area contributed by atoms with Gasteiger partial charge < -0.3 is 14.8 Å². The molecule has 2 aromatic rings. The number of piperazine rings is 1. The first-order valence-corrected chi connectivity index (χ1v) is 6.70. The molecular weight excluding hydrogens is 222 g/mol. The largest absolute Gasteiger partial charge is 0.367 e. The van der Waals surface area contributed by atoms with Crippen molar-refractivity contribution in [3.05, 3.63) is 29.5 Å². The van der Waals surface area contributed by atoms with E-state index >= 15 is 0 Å². The first kappa shape index (κ1) is 11.6. The standard InChI is InChI=1S/C15H21N3/c1-11-5-4-6-13-14(11)17(3)12(2)15(13)18-9-7-16-8-10-18/h4-6,16H,7-10H2,1-3H3. The molecule has 0 atom stereocenters. The fourth-order valence-corrected chi connectivity index (χ4v) is 3.10. The Bertz CT molecular complexity index is 577. The molecule has 0 saturated carbocycles. The van der Waals surface area contributed by atoms with Gasteiger partial charge in [-0.1, -0.05) is 18.2 Å². The van der Waals surface area contributed by atoms with E-state index in [0.29, 0.717) is 0 Å². The first-order valence-electron chi connectivity index (χ1n) is 6.70. The Morgan fingerprint density at radius 3 is 2.56 bits per heavy atom. The third-order valence-electron chi connectivity index (χ3n) is 4.11. The minimum atomic E-state index is 1.08. The van der Waals surface area contributed by atoms with Crippen molar-refractivity contribution in [1.29, 1.82) is 0 Å². The normalized spacial score (nSPS) is 16.5. The van der Waals surface area contributed by atoms with Gasteiger partial charge in [0.2, 0.25) is 0 Å². The molecule has 0 spiro atoms. The molecule has 1 aliphatic heterocycles. The second-order valence-electron chi connectivity index (χ2n) is 5.20. The van der Waals surface area contributed by atoms with Gasteiger partial charge in [-0.05, 0) is 19.4 Å². The average molecular weight is 243 g/mol. The van der Waals surface area contributed by atoms with Crippen molar-refractivity contribution < 1.29 is 0 Å². The molecule has 0 bridgehead atoms. The Hall–Kier alpha value is -1.48. The van der Waals surface area contributed by atoms with Crippen molar-refractivity contribution in [2.45, 2.75) is 13.8 Å². The van der Waals surface area contributed by atoms with Crippen LogP contribution in [0.3, 0.4) is 0 Å². The number of fused-ring (bicyclic) bond motifs is 1. The van der Waals surface area contributed by atoms with Crippen LogP contribution in [0.5, 0.6) is 0 Å². The second kappa shape index (κ2) is 4.32. The van der Waals surface area contributed by atoms with Gasteiger partial charge in [-0.25, -0.2) is 0 Å². The zero-order valence-electron chi connectivity index (χ0n) is 11.5. The smallest absolute Gasteiger partial charge is 0.0657 e. The number of anilines is 1. The molecule has 1 fully saturated rings. The fourth-order valence-electron chi connectivity index (χ4n) is 3.10. The predicted molar refractivity (Wildman–Crippen MR) is 77.5 cm³/mol. The van der Waals surface area contributed by atoms with Crippen LogP contribution in [-0.4, -0.2) is 30.7 Å². The van der Waals surface area contributed by atoms with Gasteiger partial charge in [0.25, 0.3) is 0 Å². The highest BCUT2D eigenvalue weighted by atomic mass is 15.2. The van der Waals surface area contributed by atoms with E-state index in [9.17, 15) is 0 Å². The van der Waals surface area contributed by atoms with Crippen LogP contribution in [0.15, 0.2) is 18.2 Å². The summed E-state index contributed by atoms with van der Waals surface area (Å²) < 4.78 is 2.34. The Morgan fingerprint density at radius 2 is 1.83 bits per heavy atom. The molecule has 0 aliphatic carbocycles. The van der Waals surface area contributed by atoms with Gasteiger partial charge in [0, 0.05) is 44.3 Å². The average Bonchev–Trinajstić information content (AvgIpc) is 2.64. The van der Waals surface area contributed by atoms with E-state index in [4.69, 9.17) is 0 Å². The summed E-state index contributed by atoms with van der Waals surface area (Å²) in [5.74, 6) is 0. The Morgan fingerprint density at radius 1 is 1.11 bits per heavy atom. The third kappa shape index (κ3) is 1.62. The van der Waals surface area contributed by atoms with Gasteiger partial charge in [0.1, 0.15) is 0 Å². The summed E-state index contributed by atoms with van der Waals surface area (Å²) in [7, 11) is 2.18. The summed E-state index contributed by atoms with van der Waals surface area (Å²) in [4.78, 5) is 2.52. The highest BCUT2D eigenvalue weighted by Crippen LogP contribution is 2.34. The van der Waals surface area contributed by atoms with Crippen molar-refractivity contribution in [1.82, 2.24) is 9.88 Å². The van der Waals surface area contributed by atoms with E-state index in [1.807, 2.05) is 0 Å². The molecule has 18 heavy (non-hydrogen) atoms. The van der Waals surface area contributed by atoms with E-state index in [1.54, 1.807) is 0 Å². The number of benzene rings is 1. The van der Waals surface area contributed by atoms with E-state index in [1.165, 1.54) is 27.8 Å². The summed E-state index contributed by atoms with van der Waals surface area (Å²) in [6, 6.07) is 6.62. The molecule has 1 aromatic carbocycles. The molecule has 1 aromatic heterocycles. The van der Waals surface area contributed by atoms with E-state index in [2.05, 4.69) is 53.9 Å². The SMILES string of the molecule is Cc1cccc2c(N3CCNCC3)c(C)n(C)c12. The fraction of sp³-hybridized carbons (Fsp3) is 0.467. The molecule has 0 amide bonds. The molecule has 1 saturated heterocycles. The Kier molecular flexibility index (Phi) is 2.78. The lowest BCUT2D eigenvalue weighted by Crippen LogP contribution is -2.43. The maximum Gasteiger partial charge on any atom is 0.0657 e. The predicted octanol–water partition coefficient (Wildman–Crippen LogP) is 2.20. The summed E-state index contributed by atoms with van der Waals surface area (Å²) in [5, 5.41) is 4.82. The van der Waals surface area contributed by atoms with Crippen LogP contribution >= 0.6 is 0 Å². The molecule has 0 unspecified atom stereocenters. The van der Waals surface area contributed by atoms with E-state index in [0.717, 1.165) is 26.2 Å². The summed E-state index contributed by atoms with van der Waals surface area (Å²) in [6.45, 7) is 8.81. The molecule has 3 rings (SSSR count). The van der Waals surface area contributed by atoms with Crippen molar-refractivity contribution in [3.63, 3.8) is 0 Å². The minimum absolute atomic E-state index is 1.08. The molecule has 1 N–H and O–H groups in total. The number of aromatic nitrogens is 1. The highest BCUT2D eigenvalue weighted by Gasteiger charge is 2.19. The first-order chi connectivity index (χ1) is 8.70. The Labute approximate surface area is 108 Å². The zero-order valence-corrected chi connectivity index (χ0v) is 11.5. The van der Waals surface area contributed by atoms with Gasteiger partial charge in [-0.2, -0.15) is 0 Å². The van der Waals surface area contributed by atoms with Gasteiger partial charge in [0.05, 0.1) is 11.2 Å². The lowest BCUT2D eigenvalue weighted by atomic mass is 10.1. The second-order valence-corrected chi connectivity index (χ2v) is 5.20. The monoisotopic (exact) mass is 243 g/mol. The molecule has 3 nitrogen and oxygen atoms in total. The zero-order chi connectivity index (χ0) is 12.7. The topological polar surface area (TPSA) is 20.2 Å². The number of rotatable bonds is 1. The summed E-state index contributed by atoms with van der Waals surface area (Å²) >= 11 is 0. The van der Waals surface area contributed by atoms with Gasteiger partial charge in [-0.15, -0.1) is 0 Å². The highest BCUT2D eigenvalue weighted by molar-refractivity contribution is 5.97. The van der Waals surface area contributed by atoms with E-state index < -0.39 is 0 Å². The molecule has 1 aliphatic rings. The summed E-state index contributed by atoms with van der Waals surface area (Å²) in [5.41, 5.74) is 5.54. The quantitative estimate of drug-likeness (QED) is 0.828. The third-order valence-corrected chi connectivity index (χ3v) is 4.11. The van der Waals surface area contributed by atoms with E-state index in [-0.39, 0.29) is 0 Å². The van der Waals surface area contributed by atoms with Crippen molar-refractivity contribution in [3.8, 4) is 0 Å². The van der Waals surface area contributed by atoms with Crippen LogP contribution in [0.1, 0.15) is 11.3 Å². The molecular formula is C15H21N3. The number of aryl methyl sites for hydroxylation is 2. The molecule has 3 heteroatoms. The molecule has 96 valence electrons. The van der Waals surface area contributed by atoms with Gasteiger partial charge in [0.15, 0.2) is 0 Å². The number of hydrogen-bond donors (Lipinski definition) is 1. The van der Waals surface area contributed by atoms with Crippen molar-refractivity contribution in [2.24, 2.45) is 7.05 Å². The molecule has 2 heterocycles. The lowest BCUT2D eigenvalue weighted by Gasteiger charge is -2.29. The maximum atomic E-state index is 3.42. The van der Waals surface area contributed by atoms with Crippen LogP contribution < -0.4 is 10.2 Å². The minimum Gasteiger partial charge on any atom is -0.367 e.